The lowest BCUT2D eigenvalue weighted by molar-refractivity contribution is 1.07. The number of hydrogen-bond donors (Lipinski definition) is 0. The van der Waals surface area contributed by atoms with Gasteiger partial charge in [0.05, 0.1) is 6.57 Å². The van der Waals surface area contributed by atoms with Gasteiger partial charge in [-0.2, -0.15) is 0 Å². The van der Waals surface area contributed by atoms with Crippen molar-refractivity contribution < 1.29 is 0 Å². The molecule has 1 aliphatic rings. The van der Waals surface area contributed by atoms with Gasteiger partial charge in [0, 0.05) is 16.7 Å². The molecule has 0 bridgehead atoms. The molecule has 0 aliphatic heterocycles. The number of benzene rings is 10. The van der Waals surface area contributed by atoms with Crippen LogP contribution in [0.3, 0.4) is 0 Å². The molecule has 0 amide bonds. The Hall–Kier alpha value is -8.78. The van der Waals surface area contributed by atoms with Gasteiger partial charge >= 0.3 is 0 Å². The normalized spacial score (nSPS) is 11.4. The molecule has 0 atom stereocenters. The fourth-order valence-corrected chi connectivity index (χ4v) is 9.39. The van der Waals surface area contributed by atoms with Crippen molar-refractivity contribution in [1.82, 2.24) is 15.0 Å². The summed E-state index contributed by atoms with van der Waals surface area (Å²) < 4.78 is 0. The third-order valence-corrected chi connectivity index (χ3v) is 12.5. The Balaban J connectivity index is 0.937. The van der Waals surface area contributed by atoms with Crippen LogP contribution in [0.2, 0.25) is 0 Å². The highest BCUT2D eigenvalue weighted by molar-refractivity contribution is 6.19. The smallest absolute Gasteiger partial charge is 0.187 e. The van der Waals surface area contributed by atoms with Crippen LogP contribution in [0.15, 0.2) is 218 Å². The Bertz CT molecular complexity index is 3690. The van der Waals surface area contributed by atoms with Gasteiger partial charge in [0.15, 0.2) is 23.2 Å². The Morgan fingerprint density at radius 3 is 1.55 bits per heavy atom. The van der Waals surface area contributed by atoms with Crippen LogP contribution in [0.5, 0.6) is 0 Å². The standard InChI is InChI=1S/C60H36N4/c1-61-49-30-32-50(55(37-49)46-22-11-21-45(36-46)51-31-29-39-17-12-26-53-52-24-7-8-25-54(52)57(51)56(39)53)44-20-9-18-42(33-44)43-19-10-23-47(35-43)59-62-58(40-14-3-2-4-15-40)63-60(64-59)48-28-27-38-13-5-6-16-41(38)34-48/h2-37H. The van der Waals surface area contributed by atoms with Gasteiger partial charge in [0.25, 0.3) is 0 Å². The summed E-state index contributed by atoms with van der Waals surface area (Å²) >= 11 is 0. The number of nitrogens with zero attached hydrogens (tertiary/aromatic N) is 4. The van der Waals surface area contributed by atoms with Crippen LogP contribution in [-0.2, 0) is 0 Å². The van der Waals surface area contributed by atoms with Crippen molar-refractivity contribution in [3.05, 3.63) is 230 Å². The summed E-state index contributed by atoms with van der Waals surface area (Å²) in [5.74, 6) is 1.86. The van der Waals surface area contributed by atoms with E-state index >= 15 is 0 Å². The molecule has 10 aromatic carbocycles. The van der Waals surface area contributed by atoms with Crippen molar-refractivity contribution in [1.29, 1.82) is 0 Å². The van der Waals surface area contributed by atoms with Gasteiger partial charge in [-0.25, -0.2) is 19.8 Å². The highest BCUT2D eigenvalue weighted by Crippen LogP contribution is 2.51. The van der Waals surface area contributed by atoms with Gasteiger partial charge in [-0.3, -0.25) is 0 Å². The lowest BCUT2D eigenvalue weighted by Gasteiger charge is -2.15. The van der Waals surface area contributed by atoms with E-state index in [0.717, 1.165) is 61.0 Å². The summed E-state index contributed by atoms with van der Waals surface area (Å²) in [4.78, 5) is 19.0. The largest absolute Gasteiger partial charge is 0.238 e. The minimum absolute atomic E-state index is 0.603. The molecule has 64 heavy (non-hydrogen) atoms. The monoisotopic (exact) mass is 812 g/mol. The zero-order valence-electron chi connectivity index (χ0n) is 34.6. The summed E-state index contributed by atoms with van der Waals surface area (Å²) in [7, 11) is 0. The molecule has 12 rings (SSSR count). The topological polar surface area (TPSA) is 43.0 Å². The quantitative estimate of drug-likeness (QED) is 0.151. The maximum absolute atomic E-state index is 7.96. The van der Waals surface area contributed by atoms with E-state index in [1.165, 1.54) is 44.0 Å². The zero-order valence-corrected chi connectivity index (χ0v) is 34.6. The highest BCUT2D eigenvalue weighted by Gasteiger charge is 2.24. The molecule has 0 saturated carbocycles. The first-order valence-corrected chi connectivity index (χ1v) is 21.4. The predicted octanol–water partition coefficient (Wildman–Crippen LogP) is 16.0. The van der Waals surface area contributed by atoms with Crippen LogP contribution < -0.4 is 0 Å². The summed E-state index contributed by atoms with van der Waals surface area (Å²) in [5.41, 5.74) is 17.1. The van der Waals surface area contributed by atoms with E-state index in [9.17, 15) is 0 Å². The molecule has 1 aliphatic carbocycles. The molecular formula is C60H36N4. The molecule has 4 nitrogen and oxygen atoms in total. The third-order valence-electron chi connectivity index (χ3n) is 12.5. The highest BCUT2D eigenvalue weighted by atomic mass is 15.0. The van der Waals surface area contributed by atoms with E-state index < -0.39 is 0 Å². The third kappa shape index (κ3) is 6.43. The van der Waals surface area contributed by atoms with Gasteiger partial charge in [0.2, 0.25) is 0 Å². The molecule has 4 heteroatoms. The molecule has 296 valence electrons. The molecular weight excluding hydrogens is 777 g/mol. The summed E-state index contributed by atoms with van der Waals surface area (Å²) in [6.45, 7) is 7.96. The Kier molecular flexibility index (Phi) is 8.84. The van der Waals surface area contributed by atoms with Gasteiger partial charge in [-0.1, -0.05) is 188 Å². The van der Waals surface area contributed by atoms with Gasteiger partial charge in [0.1, 0.15) is 0 Å². The van der Waals surface area contributed by atoms with Crippen LogP contribution >= 0.6 is 0 Å². The Morgan fingerprint density at radius 2 is 0.781 bits per heavy atom. The SMILES string of the molecule is [C-]#[N+]c1ccc(-c2cccc(-c3cccc(-c4nc(-c5ccccc5)nc(-c5ccc6ccccc6c5)n4)c3)c2)c(-c2cccc(-c3ccc4cccc5c4c3-c3ccccc3-5)c2)c1. The molecule has 0 saturated heterocycles. The predicted molar refractivity (Wildman–Crippen MR) is 264 cm³/mol. The summed E-state index contributed by atoms with van der Waals surface area (Å²) in [6, 6.07) is 76.5. The zero-order chi connectivity index (χ0) is 42.6. The molecule has 1 heterocycles. The average Bonchev–Trinajstić information content (AvgIpc) is 3.71. The molecule has 11 aromatic rings. The molecule has 0 fully saturated rings. The Labute approximate surface area is 371 Å². The maximum atomic E-state index is 7.96. The minimum Gasteiger partial charge on any atom is -0.238 e. The van der Waals surface area contributed by atoms with Crippen molar-refractivity contribution in [2.45, 2.75) is 0 Å². The van der Waals surface area contributed by atoms with Crippen LogP contribution in [0, 0.1) is 6.57 Å². The molecule has 0 N–H and O–H groups in total. The number of fused-ring (bicyclic) bond motifs is 4. The molecule has 1 aromatic heterocycles. The summed E-state index contributed by atoms with van der Waals surface area (Å²) in [6.07, 6.45) is 0. The van der Waals surface area contributed by atoms with Crippen molar-refractivity contribution in [3.63, 3.8) is 0 Å². The van der Waals surface area contributed by atoms with Crippen molar-refractivity contribution in [2.75, 3.05) is 0 Å². The van der Waals surface area contributed by atoms with Crippen molar-refractivity contribution in [3.8, 4) is 101 Å². The van der Waals surface area contributed by atoms with E-state index in [0.29, 0.717) is 23.2 Å². The first kappa shape index (κ1) is 37.0. The van der Waals surface area contributed by atoms with Crippen LogP contribution in [-0.4, -0.2) is 15.0 Å². The summed E-state index contributed by atoms with van der Waals surface area (Å²) in [5, 5.41) is 4.85. The fourth-order valence-electron chi connectivity index (χ4n) is 9.39. The van der Waals surface area contributed by atoms with Gasteiger partial charge < -0.3 is 0 Å². The first-order chi connectivity index (χ1) is 31.6. The fraction of sp³-hybridized carbons (Fsp3) is 0. The average molecular weight is 813 g/mol. The molecule has 0 spiro atoms. The second-order valence-corrected chi connectivity index (χ2v) is 16.3. The van der Waals surface area contributed by atoms with E-state index in [4.69, 9.17) is 21.5 Å². The Morgan fingerprint density at radius 1 is 0.281 bits per heavy atom. The number of rotatable bonds is 7. The van der Waals surface area contributed by atoms with Crippen molar-refractivity contribution >= 4 is 27.2 Å². The van der Waals surface area contributed by atoms with Gasteiger partial charge in [-0.15, -0.1) is 0 Å². The van der Waals surface area contributed by atoms with Crippen LogP contribution in [0.4, 0.5) is 5.69 Å². The van der Waals surface area contributed by atoms with E-state index in [-0.39, 0.29) is 0 Å². The van der Waals surface area contributed by atoms with E-state index in [1.54, 1.807) is 0 Å². The molecule has 0 unspecified atom stereocenters. The first-order valence-electron chi connectivity index (χ1n) is 21.4. The van der Waals surface area contributed by atoms with Crippen LogP contribution in [0.25, 0.3) is 127 Å². The van der Waals surface area contributed by atoms with Crippen LogP contribution in [0.1, 0.15) is 0 Å². The van der Waals surface area contributed by atoms with E-state index in [1.807, 2.05) is 42.5 Å². The number of aromatic nitrogens is 3. The van der Waals surface area contributed by atoms with E-state index in [2.05, 4.69) is 181 Å². The number of hydrogen-bond acceptors (Lipinski definition) is 3. The van der Waals surface area contributed by atoms with Crippen molar-refractivity contribution in [2.24, 2.45) is 0 Å². The lowest BCUT2D eigenvalue weighted by Crippen LogP contribution is -2.00. The second-order valence-electron chi connectivity index (χ2n) is 16.3. The minimum atomic E-state index is 0.603. The maximum Gasteiger partial charge on any atom is 0.187 e. The lowest BCUT2D eigenvalue weighted by atomic mass is 9.89. The van der Waals surface area contributed by atoms with Gasteiger partial charge in [-0.05, 0) is 119 Å². The molecule has 0 radical (unpaired) electrons. The second kappa shape index (κ2) is 15.3.